The molecule has 0 spiro atoms. The van der Waals surface area contributed by atoms with Crippen LogP contribution in [0.1, 0.15) is 45.5 Å². The number of carbonyl (C=O) groups excluding carboxylic acids is 1. The summed E-state index contributed by atoms with van der Waals surface area (Å²) in [5.74, 6) is -1.69. The van der Waals surface area contributed by atoms with E-state index >= 15 is 0 Å². The number of anilines is 1. The first-order valence-electron chi connectivity index (χ1n) is 9.35. The summed E-state index contributed by atoms with van der Waals surface area (Å²) in [6, 6.07) is 14.1. The number of nitrogens with one attached hydrogen (secondary N) is 1. The second-order valence-electron chi connectivity index (χ2n) is 7.16. The number of hydrogen-bond acceptors (Lipinski definition) is 2. The van der Waals surface area contributed by atoms with Crippen molar-refractivity contribution in [2.24, 2.45) is 0 Å². The summed E-state index contributed by atoms with van der Waals surface area (Å²) >= 11 is 0. The lowest BCUT2D eigenvalue weighted by Gasteiger charge is -2.16. The van der Waals surface area contributed by atoms with Gasteiger partial charge in [-0.05, 0) is 41.5 Å². The number of hydrogen-bond donors (Lipinski definition) is 2. The van der Waals surface area contributed by atoms with E-state index in [2.05, 4.69) is 0 Å². The molecule has 0 aliphatic carbocycles. The zero-order valence-corrected chi connectivity index (χ0v) is 16.6. The maximum Gasteiger partial charge on any atom is 0.416 e. The molecule has 32 heavy (non-hydrogen) atoms. The normalized spacial score (nSPS) is 13.0. The zero-order valence-electron chi connectivity index (χ0n) is 16.6. The van der Waals surface area contributed by atoms with Gasteiger partial charge in [0, 0.05) is 11.6 Å². The summed E-state index contributed by atoms with van der Waals surface area (Å²) < 4.78 is 78.3. The summed E-state index contributed by atoms with van der Waals surface area (Å²) in [7, 11) is 0. The lowest BCUT2D eigenvalue weighted by Crippen LogP contribution is -2.16. The molecule has 0 bridgehead atoms. The van der Waals surface area contributed by atoms with Crippen LogP contribution in [-0.2, 0) is 12.4 Å². The number of aromatic hydroxyl groups is 1. The molecule has 3 rings (SSSR count). The predicted molar refractivity (Wildman–Crippen MR) is 106 cm³/mol. The van der Waals surface area contributed by atoms with Crippen LogP contribution in [0.2, 0.25) is 0 Å². The molecule has 3 aromatic rings. The Balaban J connectivity index is 1.95. The Kier molecular flexibility index (Phi) is 6.20. The summed E-state index contributed by atoms with van der Waals surface area (Å²) in [6.07, 6.45) is -10.1. The molecule has 1 atom stereocenters. The van der Waals surface area contributed by atoms with E-state index in [4.69, 9.17) is 0 Å². The first-order valence-corrected chi connectivity index (χ1v) is 9.35. The number of phenolic OH excluding ortho intramolecular Hbond substituents is 1. The highest BCUT2D eigenvalue weighted by Crippen LogP contribution is 2.38. The lowest BCUT2D eigenvalue weighted by molar-refractivity contribution is -0.143. The van der Waals surface area contributed by atoms with E-state index < -0.39 is 40.8 Å². The number of rotatable bonds is 4. The van der Waals surface area contributed by atoms with Crippen molar-refractivity contribution in [1.82, 2.24) is 0 Å². The van der Waals surface area contributed by atoms with Crippen LogP contribution in [0, 0.1) is 0 Å². The second-order valence-corrected chi connectivity index (χ2v) is 7.16. The third-order valence-corrected chi connectivity index (χ3v) is 4.91. The van der Waals surface area contributed by atoms with Gasteiger partial charge in [0.15, 0.2) is 0 Å². The van der Waals surface area contributed by atoms with Crippen LogP contribution >= 0.6 is 0 Å². The van der Waals surface area contributed by atoms with Gasteiger partial charge in [0.25, 0.3) is 5.91 Å². The van der Waals surface area contributed by atoms with Crippen molar-refractivity contribution in [1.29, 1.82) is 0 Å². The maximum atomic E-state index is 13.0. The second kappa shape index (κ2) is 8.57. The fourth-order valence-corrected chi connectivity index (χ4v) is 3.16. The molecule has 0 aromatic heterocycles. The molecule has 0 saturated heterocycles. The molecule has 9 heteroatoms. The smallest absolute Gasteiger partial charge is 0.416 e. The van der Waals surface area contributed by atoms with Gasteiger partial charge in [-0.15, -0.1) is 0 Å². The van der Waals surface area contributed by atoms with E-state index in [1.165, 1.54) is 12.1 Å². The van der Waals surface area contributed by atoms with Crippen molar-refractivity contribution >= 4 is 11.6 Å². The highest BCUT2D eigenvalue weighted by atomic mass is 19.4. The third kappa shape index (κ3) is 5.22. The minimum Gasteiger partial charge on any atom is -0.507 e. The van der Waals surface area contributed by atoms with Crippen molar-refractivity contribution in [3.05, 3.63) is 94.5 Å². The minimum atomic E-state index is -5.05. The van der Waals surface area contributed by atoms with Gasteiger partial charge in [-0.3, -0.25) is 4.79 Å². The molecule has 1 amide bonds. The van der Waals surface area contributed by atoms with Crippen LogP contribution in [0.5, 0.6) is 5.75 Å². The quantitative estimate of drug-likeness (QED) is 0.425. The predicted octanol–water partition coefficient (Wildman–Crippen LogP) is 6.83. The Morgan fingerprint density at radius 1 is 0.812 bits per heavy atom. The number of phenols is 1. The number of amides is 1. The highest BCUT2D eigenvalue weighted by molar-refractivity contribution is 6.06. The van der Waals surface area contributed by atoms with E-state index in [-0.39, 0.29) is 17.5 Å². The van der Waals surface area contributed by atoms with Crippen LogP contribution in [-0.4, -0.2) is 11.0 Å². The standard InChI is InChI=1S/C23H17F6NO2/c1-13(14-5-3-2-4-6-14)15-7-8-20(31)19(9-15)21(32)30-18-11-16(22(24,25)26)10-17(12-18)23(27,28)29/h2-13,31H,1H3,(H,30,32). The van der Waals surface area contributed by atoms with Crippen molar-refractivity contribution in [2.75, 3.05) is 5.32 Å². The minimum absolute atomic E-state index is 0.0324. The van der Waals surface area contributed by atoms with Crippen LogP contribution in [0.3, 0.4) is 0 Å². The monoisotopic (exact) mass is 453 g/mol. The average Bonchev–Trinajstić information content (AvgIpc) is 2.72. The van der Waals surface area contributed by atoms with Crippen LogP contribution in [0.15, 0.2) is 66.7 Å². The van der Waals surface area contributed by atoms with Gasteiger partial charge in [0.2, 0.25) is 0 Å². The highest BCUT2D eigenvalue weighted by Gasteiger charge is 2.37. The Morgan fingerprint density at radius 3 is 1.91 bits per heavy atom. The van der Waals surface area contributed by atoms with Gasteiger partial charge in [-0.2, -0.15) is 26.3 Å². The molecular formula is C23H17F6NO2. The van der Waals surface area contributed by atoms with Crippen LogP contribution in [0.4, 0.5) is 32.0 Å². The molecule has 0 heterocycles. The van der Waals surface area contributed by atoms with E-state index in [0.29, 0.717) is 17.7 Å². The molecular weight excluding hydrogens is 436 g/mol. The molecule has 3 nitrogen and oxygen atoms in total. The van der Waals surface area contributed by atoms with E-state index in [9.17, 15) is 36.2 Å². The fourth-order valence-electron chi connectivity index (χ4n) is 3.16. The van der Waals surface area contributed by atoms with Gasteiger partial charge in [0.05, 0.1) is 16.7 Å². The first kappa shape index (κ1) is 23.2. The molecule has 3 aromatic carbocycles. The SMILES string of the molecule is CC(c1ccccc1)c1ccc(O)c(C(=O)Nc2cc(C(F)(F)F)cc(C(F)(F)F)c2)c1. The van der Waals surface area contributed by atoms with Gasteiger partial charge in [-0.25, -0.2) is 0 Å². The number of alkyl halides is 6. The number of halogens is 6. The van der Waals surface area contributed by atoms with Crippen molar-refractivity contribution < 1.29 is 36.2 Å². The number of carbonyl (C=O) groups is 1. The van der Waals surface area contributed by atoms with Crippen molar-refractivity contribution in [3.8, 4) is 5.75 Å². The largest absolute Gasteiger partial charge is 0.507 e. The maximum absolute atomic E-state index is 13.0. The van der Waals surface area contributed by atoms with Gasteiger partial charge in [0.1, 0.15) is 5.75 Å². The molecule has 0 aliphatic heterocycles. The number of benzene rings is 3. The Morgan fingerprint density at radius 2 is 1.38 bits per heavy atom. The molecule has 0 radical (unpaired) electrons. The lowest BCUT2D eigenvalue weighted by atomic mass is 9.92. The van der Waals surface area contributed by atoms with Crippen LogP contribution < -0.4 is 5.32 Å². The van der Waals surface area contributed by atoms with Crippen molar-refractivity contribution in [3.63, 3.8) is 0 Å². The molecule has 0 saturated carbocycles. The summed E-state index contributed by atoms with van der Waals surface area (Å²) in [5.41, 5.74) is -2.55. The fraction of sp³-hybridized carbons (Fsp3) is 0.174. The van der Waals surface area contributed by atoms with E-state index in [1.54, 1.807) is 6.07 Å². The molecule has 1 unspecified atom stereocenters. The summed E-state index contributed by atoms with van der Waals surface area (Å²) in [5, 5.41) is 12.1. The van der Waals surface area contributed by atoms with Gasteiger partial charge in [-0.1, -0.05) is 43.3 Å². The summed E-state index contributed by atoms with van der Waals surface area (Å²) in [6.45, 7) is 1.85. The first-order chi connectivity index (χ1) is 14.9. The van der Waals surface area contributed by atoms with E-state index in [1.807, 2.05) is 42.6 Å². The van der Waals surface area contributed by atoms with Gasteiger partial charge < -0.3 is 10.4 Å². The average molecular weight is 453 g/mol. The Labute approximate surface area is 179 Å². The molecule has 2 N–H and O–H groups in total. The zero-order chi connectivity index (χ0) is 23.7. The molecule has 168 valence electrons. The van der Waals surface area contributed by atoms with Gasteiger partial charge >= 0.3 is 12.4 Å². The van der Waals surface area contributed by atoms with Crippen LogP contribution in [0.25, 0.3) is 0 Å². The van der Waals surface area contributed by atoms with E-state index in [0.717, 1.165) is 5.56 Å². The Hall–Kier alpha value is -3.49. The Bertz CT molecular complexity index is 1090. The third-order valence-electron chi connectivity index (χ3n) is 4.91. The summed E-state index contributed by atoms with van der Waals surface area (Å²) in [4.78, 5) is 12.6. The molecule has 0 aliphatic rings. The molecule has 0 fully saturated rings. The van der Waals surface area contributed by atoms with Crippen molar-refractivity contribution in [2.45, 2.75) is 25.2 Å². The topological polar surface area (TPSA) is 49.3 Å².